The van der Waals surface area contributed by atoms with Crippen molar-refractivity contribution < 1.29 is 75.8 Å². The SMILES string of the molecule is CC/C=C\C/C=C\C/C=C\C/C=C\C/C=C\CCCCCCCCCC(=O)OCC(COP(=O)(O)OCC(O)COP(=O)(O)OCC(O)COC(=O)CCCCCCCCCCCCC/C=C\C/C=C\C/C=C\C/C=C\CCCCC)OC(=O)CCCCCCC/C=C\C/C=C\C/C=C\C/C=C\C/C=C\CC. The molecule has 0 aliphatic carbocycles. The fraction of sp³-hybridized carbons (Fsp3) is 0.652. The van der Waals surface area contributed by atoms with E-state index in [1.807, 2.05) is 0 Å². The molecular formula is C89H148O16P2. The number of esters is 3. The van der Waals surface area contributed by atoms with Gasteiger partial charge in [0.15, 0.2) is 6.10 Å². The molecule has 0 aliphatic rings. The second-order valence-electron chi connectivity index (χ2n) is 27.2. The first kappa shape index (κ1) is 102. The fourth-order valence-electron chi connectivity index (χ4n) is 10.7. The molecule has 107 heavy (non-hydrogen) atoms. The summed E-state index contributed by atoms with van der Waals surface area (Å²) in [6.45, 7) is 2.39. The Morgan fingerprint density at radius 2 is 0.495 bits per heavy atom. The smallest absolute Gasteiger partial charge is 0.463 e. The third kappa shape index (κ3) is 81.7. The van der Waals surface area contributed by atoms with Crippen LogP contribution in [0.25, 0.3) is 0 Å². The number of phosphoric acid groups is 2. The van der Waals surface area contributed by atoms with Gasteiger partial charge in [0.05, 0.1) is 26.4 Å². The lowest BCUT2D eigenvalue weighted by Crippen LogP contribution is -2.30. The second-order valence-corrected chi connectivity index (χ2v) is 30.1. The predicted molar refractivity (Wildman–Crippen MR) is 445 cm³/mol. The van der Waals surface area contributed by atoms with E-state index < -0.39 is 91.5 Å². The number of rotatable bonds is 77. The van der Waals surface area contributed by atoms with Crippen molar-refractivity contribution in [3.8, 4) is 0 Å². The number of carbonyl (C=O) groups excluding carboxylic acids is 3. The van der Waals surface area contributed by atoms with E-state index in [2.05, 4.69) is 191 Å². The topological polar surface area (TPSA) is 231 Å². The molecule has 610 valence electrons. The molecule has 0 fully saturated rings. The molecule has 4 N–H and O–H groups in total. The van der Waals surface area contributed by atoms with Gasteiger partial charge < -0.3 is 34.2 Å². The maximum atomic E-state index is 13.0. The Kier molecular flexibility index (Phi) is 76.6. The van der Waals surface area contributed by atoms with Crippen LogP contribution in [0, 0.1) is 0 Å². The highest BCUT2D eigenvalue weighted by molar-refractivity contribution is 7.47. The predicted octanol–water partition coefficient (Wildman–Crippen LogP) is 24.8. The van der Waals surface area contributed by atoms with Gasteiger partial charge in [0.2, 0.25) is 0 Å². The second kappa shape index (κ2) is 80.4. The van der Waals surface area contributed by atoms with Gasteiger partial charge in [-0.1, -0.05) is 313 Å². The van der Waals surface area contributed by atoms with Crippen molar-refractivity contribution in [1.29, 1.82) is 0 Å². The van der Waals surface area contributed by atoms with Crippen molar-refractivity contribution in [3.05, 3.63) is 170 Å². The molecule has 0 rings (SSSR count). The fourth-order valence-corrected chi connectivity index (χ4v) is 12.3. The molecule has 0 bridgehead atoms. The Balaban J connectivity index is 4.69. The summed E-state index contributed by atoms with van der Waals surface area (Å²) in [7, 11) is -9.82. The number of aliphatic hydroxyl groups excluding tert-OH is 2. The lowest BCUT2D eigenvalue weighted by Gasteiger charge is -2.21. The van der Waals surface area contributed by atoms with Crippen molar-refractivity contribution in [2.24, 2.45) is 0 Å². The number of carbonyl (C=O) groups is 3. The van der Waals surface area contributed by atoms with Crippen LogP contribution in [0.3, 0.4) is 0 Å². The number of aliphatic hydroxyl groups is 2. The van der Waals surface area contributed by atoms with Crippen LogP contribution in [-0.2, 0) is 55.8 Å². The van der Waals surface area contributed by atoms with E-state index in [0.29, 0.717) is 19.3 Å². The van der Waals surface area contributed by atoms with E-state index in [4.69, 9.17) is 32.3 Å². The quantitative estimate of drug-likeness (QED) is 0.0146. The van der Waals surface area contributed by atoms with Crippen molar-refractivity contribution in [1.82, 2.24) is 0 Å². The molecule has 18 heteroatoms. The number of hydrogen-bond donors (Lipinski definition) is 4. The number of ether oxygens (including phenoxy) is 3. The first-order chi connectivity index (χ1) is 52.2. The summed E-state index contributed by atoms with van der Waals surface area (Å²) in [4.78, 5) is 58.8. The summed E-state index contributed by atoms with van der Waals surface area (Å²) in [6, 6.07) is 0. The number of hydrogen-bond acceptors (Lipinski definition) is 14. The van der Waals surface area contributed by atoms with Gasteiger partial charge >= 0.3 is 33.6 Å². The van der Waals surface area contributed by atoms with Crippen LogP contribution < -0.4 is 0 Å². The maximum absolute atomic E-state index is 13.0. The van der Waals surface area contributed by atoms with Crippen LogP contribution in [0.1, 0.15) is 316 Å². The van der Waals surface area contributed by atoms with Crippen molar-refractivity contribution in [2.45, 2.75) is 334 Å². The molecule has 0 aromatic rings. The van der Waals surface area contributed by atoms with E-state index in [-0.39, 0.29) is 19.3 Å². The van der Waals surface area contributed by atoms with Crippen LogP contribution >= 0.6 is 15.6 Å². The number of unbranched alkanes of at least 4 members (excludes halogenated alkanes) is 26. The van der Waals surface area contributed by atoms with Crippen LogP contribution in [0.4, 0.5) is 0 Å². The lowest BCUT2D eigenvalue weighted by atomic mass is 10.0. The van der Waals surface area contributed by atoms with Gasteiger partial charge in [-0.2, -0.15) is 0 Å². The summed E-state index contributed by atoms with van der Waals surface area (Å²) in [5.74, 6) is -1.62. The highest BCUT2D eigenvalue weighted by Crippen LogP contribution is 2.45. The Hall–Kier alpha value is -5.09. The Morgan fingerprint density at radius 3 is 0.785 bits per heavy atom. The van der Waals surface area contributed by atoms with Gasteiger partial charge in [-0.15, -0.1) is 0 Å². The van der Waals surface area contributed by atoms with Gasteiger partial charge in [0.1, 0.15) is 25.4 Å². The van der Waals surface area contributed by atoms with Crippen molar-refractivity contribution in [3.63, 3.8) is 0 Å². The maximum Gasteiger partial charge on any atom is 0.472 e. The average molecular weight is 1540 g/mol. The zero-order chi connectivity index (χ0) is 78.0. The monoisotopic (exact) mass is 1540 g/mol. The van der Waals surface area contributed by atoms with Crippen molar-refractivity contribution in [2.75, 3.05) is 39.6 Å². The minimum atomic E-state index is -4.95. The summed E-state index contributed by atoms with van der Waals surface area (Å²) in [5.41, 5.74) is 0. The summed E-state index contributed by atoms with van der Waals surface area (Å²) >= 11 is 0. The minimum Gasteiger partial charge on any atom is -0.463 e. The first-order valence-corrected chi connectivity index (χ1v) is 44.4. The van der Waals surface area contributed by atoms with Crippen LogP contribution in [0.2, 0.25) is 0 Å². The highest BCUT2D eigenvalue weighted by atomic mass is 31.2. The lowest BCUT2D eigenvalue weighted by molar-refractivity contribution is -0.161. The van der Waals surface area contributed by atoms with Crippen LogP contribution in [-0.4, -0.2) is 95.9 Å². The molecule has 0 spiro atoms. The molecule has 5 unspecified atom stereocenters. The van der Waals surface area contributed by atoms with E-state index in [9.17, 15) is 43.5 Å². The van der Waals surface area contributed by atoms with E-state index in [0.717, 1.165) is 186 Å². The summed E-state index contributed by atoms with van der Waals surface area (Å²) in [6.07, 6.45) is 102. The number of phosphoric ester groups is 2. The molecule has 0 aromatic carbocycles. The molecule has 0 saturated carbocycles. The molecule has 0 saturated heterocycles. The molecule has 0 aliphatic heterocycles. The van der Waals surface area contributed by atoms with Gasteiger partial charge in [0, 0.05) is 19.3 Å². The van der Waals surface area contributed by atoms with E-state index in [1.165, 1.54) is 70.6 Å². The zero-order valence-corrected chi connectivity index (χ0v) is 68.5. The molecular weight excluding hydrogens is 1390 g/mol. The van der Waals surface area contributed by atoms with Crippen LogP contribution in [0.5, 0.6) is 0 Å². The summed E-state index contributed by atoms with van der Waals surface area (Å²) in [5, 5.41) is 20.7. The first-order valence-electron chi connectivity index (χ1n) is 41.4. The van der Waals surface area contributed by atoms with E-state index >= 15 is 0 Å². The van der Waals surface area contributed by atoms with Gasteiger partial charge in [0.25, 0.3) is 0 Å². The Labute approximate surface area is 650 Å². The molecule has 16 nitrogen and oxygen atoms in total. The highest BCUT2D eigenvalue weighted by Gasteiger charge is 2.29. The molecule has 0 heterocycles. The Bertz CT molecular complexity index is 2620. The van der Waals surface area contributed by atoms with Crippen molar-refractivity contribution >= 4 is 33.6 Å². The number of allylic oxidation sites excluding steroid dienone is 28. The zero-order valence-electron chi connectivity index (χ0n) is 66.7. The van der Waals surface area contributed by atoms with Gasteiger partial charge in [-0.25, -0.2) is 9.13 Å². The Morgan fingerprint density at radius 1 is 0.271 bits per heavy atom. The van der Waals surface area contributed by atoms with Gasteiger partial charge in [-0.3, -0.25) is 32.5 Å². The minimum absolute atomic E-state index is 0.0733. The standard InChI is InChI=1S/C89H148O16P2/c1-4-7-10-13-16-19-22-25-28-31-34-37-39-40-41-42-44-47-48-51-54-57-60-63-66-69-72-75-87(92)99-78-84(90)79-101-106(95,96)102-80-85(91)81-103-107(97,98)104-83-86(105-89(94)77-74-71-68-65-62-59-56-53-50-45-36-33-30-27-24-21-18-15-12-9-6-3)82-100-88(93)76-73-70-67-64-61-58-55-52-49-46-43-38-35-32-29-26-23-20-17-14-11-8-5-2/h8-9,11-12,16-21,25-30,34-38,40-41,45-46,49,53,56,84-86,90-91H,4-7,10,13-15,22-24,31-33,39,42-44,47-48,50-52,54-55,57-83H2,1-3H3,(H,95,96)(H,97,98)/b11-8-,12-9-,19-16-,20-17-,21-18-,28-25-,29-26-,30-27-,37-34-,38-35-,41-40-,45-36-,49-46-,56-53-. The normalized spacial score (nSPS) is 14.8. The largest absolute Gasteiger partial charge is 0.472 e. The van der Waals surface area contributed by atoms with Crippen LogP contribution in [0.15, 0.2) is 170 Å². The summed E-state index contributed by atoms with van der Waals surface area (Å²) < 4.78 is 61.3. The molecule has 5 atom stereocenters. The average Bonchev–Trinajstić information content (AvgIpc) is 0.906. The van der Waals surface area contributed by atoms with E-state index in [1.54, 1.807) is 0 Å². The molecule has 0 radical (unpaired) electrons. The third-order valence-corrected chi connectivity index (χ3v) is 18.8. The molecule has 0 amide bonds. The van der Waals surface area contributed by atoms with Gasteiger partial charge in [-0.05, 0) is 154 Å². The third-order valence-electron chi connectivity index (χ3n) is 16.9. The molecule has 0 aromatic heterocycles.